The van der Waals surface area contributed by atoms with E-state index in [1.807, 2.05) is 6.92 Å². The molecule has 30 heavy (non-hydrogen) atoms. The number of anilines is 2. The molecule has 10 heteroatoms. The van der Waals surface area contributed by atoms with Crippen molar-refractivity contribution in [3.8, 4) is 0 Å². The van der Waals surface area contributed by atoms with Gasteiger partial charge in [-0.3, -0.25) is 14.9 Å². The lowest BCUT2D eigenvalue weighted by Crippen LogP contribution is -2.31. The zero-order chi connectivity index (χ0) is 21.1. The van der Waals surface area contributed by atoms with Crippen molar-refractivity contribution in [1.29, 1.82) is 0 Å². The van der Waals surface area contributed by atoms with Crippen LogP contribution in [0.15, 0.2) is 18.2 Å². The average Bonchev–Trinajstić information content (AvgIpc) is 3.41. The van der Waals surface area contributed by atoms with Crippen molar-refractivity contribution in [1.82, 2.24) is 14.3 Å². The highest BCUT2D eigenvalue weighted by Gasteiger charge is 2.28. The van der Waals surface area contributed by atoms with Gasteiger partial charge in [0.15, 0.2) is 0 Å². The first-order valence-electron chi connectivity index (χ1n) is 10.5. The van der Waals surface area contributed by atoms with Crippen molar-refractivity contribution in [2.45, 2.75) is 32.6 Å². The van der Waals surface area contributed by atoms with Crippen LogP contribution in [0.2, 0.25) is 0 Å². The van der Waals surface area contributed by atoms with Crippen LogP contribution in [0, 0.1) is 10.1 Å². The van der Waals surface area contributed by atoms with Crippen LogP contribution in [0.4, 0.5) is 16.5 Å². The Morgan fingerprint density at radius 3 is 2.53 bits per heavy atom. The van der Waals surface area contributed by atoms with Crippen LogP contribution >= 0.6 is 11.5 Å². The molecule has 2 aliphatic heterocycles. The smallest absolute Gasteiger partial charge is 0.282 e. The molecular weight excluding hydrogens is 404 g/mol. The molecular formula is C20H26N6O3S. The van der Waals surface area contributed by atoms with E-state index in [0.29, 0.717) is 13.1 Å². The third-order valence-electron chi connectivity index (χ3n) is 5.71. The number of hydrogen-bond donors (Lipinski definition) is 0. The Kier molecular flexibility index (Phi) is 6.12. The normalized spacial score (nSPS) is 17.3. The highest BCUT2D eigenvalue weighted by Crippen LogP contribution is 2.29. The Balaban J connectivity index is 1.53. The second kappa shape index (κ2) is 8.95. The molecule has 0 bridgehead atoms. The van der Waals surface area contributed by atoms with Crippen LogP contribution in [0.25, 0.3) is 0 Å². The molecule has 0 aliphatic carbocycles. The predicted molar refractivity (Wildman–Crippen MR) is 117 cm³/mol. The summed E-state index contributed by atoms with van der Waals surface area (Å²) in [5, 5.41) is 12.5. The molecule has 3 heterocycles. The monoisotopic (exact) mass is 430 g/mol. The summed E-state index contributed by atoms with van der Waals surface area (Å²) < 4.78 is 4.38. The van der Waals surface area contributed by atoms with Crippen LogP contribution in [0.5, 0.6) is 0 Å². The number of nitro benzene ring substituents is 1. The van der Waals surface area contributed by atoms with Gasteiger partial charge in [-0.25, -0.2) is 4.98 Å². The maximum Gasteiger partial charge on any atom is 0.282 e. The number of nitro groups is 1. The Labute approximate surface area is 179 Å². The molecule has 160 valence electrons. The zero-order valence-corrected chi connectivity index (χ0v) is 17.9. The molecule has 1 aromatic heterocycles. The molecule has 1 amide bonds. The second-order valence-corrected chi connectivity index (χ2v) is 8.36. The molecule has 2 aliphatic rings. The lowest BCUT2D eigenvalue weighted by molar-refractivity contribution is -0.385. The minimum atomic E-state index is -0.460. The van der Waals surface area contributed by atoms with Crippen molar-refractivity contribution >= 4 is 33.9 Å². The zero-order valence-electron chi connectivity index (χ0n) is 17.1. The van der Waals surface area contributed by atoms with Crippen molar-refractivity contribution in [3.05, 3.63) is 39.7 Å². The molecule has 0 spiro atoms. The van der Waals surface area contributed by atoms with Crippen LogP contribution < -0.4 is 9.80 Å². The van der Waals surface area contributed by atoms with E-state index in [1.54, 1.807) is 17.0 Å². The van der Waals surface area contributed by atoms with Crippen LogP contribution in [0.3, 0.4) is 0 Å². The summed E-state index contributed by atoms with van der Waals surface area (Å²) >= 11 is 1.43. The standard InChI is InChI=1S/C20H26N6O3S/c1-2-18-21-20(30-22-18)25-11-5-10-23(12-13-25)15-6-7-17(26(28)29)16(14-15)19(27)24-8-3-4-9-24/h6-7,14H,2-5,8-13H2,1H3. The van der Waals surface area contributed by atoms with Gasteiger partial charge in [-0.15, -0.1) is 0 Å². The Morgan fingerprint density at radius 2 is 1.83 bits per heavy atom. The van der Waals surface area contributed by atoms with E-state index in [4.69, 9.17) is 0 Å². The Morgan fingerprint density at radius 1 is 1.10 bits per heavy atom. The number of hydrogen-bond acceptors (Lipinski definition) is 8. The number of nitrogens with zero attached hydrogens (tertiary/aromatic N) is 6. The van der Waals surface area contributed by atoms with E-state index in [-0.39, 0.29) is 17.2 Å². The van der Waals surface area contributed by atoms with Crippen LogP contribution in [-0.2, 0) is 6.42 Å². The van der Waals surface area contributed by atoms with Crippen molar-refractivity contribution < 1.29 is 9.72 Å². The summed E-state index contributed by atoms with van der Waals surface area (Å²) in [5.74, 6) is 0.634. The minimum Gasteiger partial charge on any atom is -0.370 e. The SMILES string of the molecule is CCc1nsc(N2CCCN(c3ccc([N+](=O)[O-])c(C(=O)N4CCCC4)c3)CC2)n1. The van der Waals surface area contributed by atoms with E-state index in [2.05, 4.69) is 19.2 Å². The molecule has 0 radical (unpaired) electrons. The number of aryl methyl sites for hydroxylation is 1. The number of amides is 1. The maximum absolute atomic E-state index is 12.9. The van der Waals surface area contributed by atoms with E-state index in [9.17, 15) is 14.9 Å². The molecule has 1 aromatic carbocycles. The van der Waals surface area contributed by atoms with E-state index in [1.165, 1.54) is 17.6 Å². The van der Waals surface area contributed by atoms with Gasteiger partial charge in [0.1, 0.15) is 11.4 Å². The highest BCUT2D eigenvalue weighted by atomic mass is 32.1. The van der Waals surface area contributed by atoms with Crippen molar-refractivity contribution in [2.75, 3.05) is 49.1 Å². The topological polar surface area (TPSA) is 95.7 Å². The first-order chi connectivity index (χ1) is 14.6. The Bertz CT molecular complexity index is 927. The van der Waals surface area contributed by atoms with Crippen LogP contribution in [-0.4, -0.2) is 64.4 Å². The summed E-state index contributed by atoms with van der Waals surface area (Å²) in [6.07, 6.45) is 3.67. The highest BCUT2D eigenvalue weighted by molar-refractivity contribution is 7.09. The van der Waals surface area contributed by atoms with Gasteiger partial charge in [0.25, 0.3) is 11.6 Å². The molecule has 0 atom stereocenters. The van der Waals surface area contributed by atoms with Gasteiger partial charge in [-0.2, -0.15) is 4.37 Å². The predicted octanol–water partition coefficient (Wildman–Crippen LogP) is 2.96. The lowest BCUT2D eigenvalue weighted by Gasteiger charge is -2.24. The summed E-state index contributed by atoms with van der Waals surface area (Å²) in [7, 11) is 0. The Hall–Kier alpha value is -2.75. The fourth-order valence-corrected chi connectivity index (χ4v) is 4.83. The number of benzene rings is 1. The molecule has 2 aromatic rings. The summed E-state index contributed by atoms with van der Waals surface area (Å²) in [6.45, 7) is 6.65. The van der Waals surface area contributed by atoms with Gasteiger partial charge < -0.3 is 14.7 Å². The minimum absolute atomic E-state index is 0.118. The van der Waals surface area contributed by atoms with Gasteiger partial charge in [-0.1, -0.05) is 6.92 Å². The summed E-state index contributed by atoms with van der Waals surface area (Å²) in [5.41, 5.74) is 0.932. The molecule has 2 fully saturated rings. The third-order valence-corrected chi connectivity index (χ3v) is 6.52. The maximum atomic E-state index is 12.9. The largest absolute Gasteiger partial charge is 0.370 e. The molecule has 9 nitrogen and oxygen atoms in total. The second-order valence-electron chi connectivity index (χ2n) is 7.63. The van der Waals surface area contributed by atoms with Gasteiger partial charge >= 0.3 is 0 Å². The lowest BCUT2D eigenvalue weighted by atomic mass is 10.1. The first-order valence-corrected chi connectivity index (χ1v) is 11.2. The number of carbonyl (C=O) groups excluding carboxylic acids is 1. The van der Waals surface area contributed by atoms with E-state index < -0.39 is 4.92 Å². The number of carbonyl (C=O) groups is 1. The third kappa shape index (κ3) is 4.23. The number of likely N-dealkylation sites (tertiary alicyclic amines) is 1. The fourth-order valence-electron chi connectivity index (χ4n) is 4.03. The van der Waals surface area contributed by atoms with Gasteiger partial charge in [-0.05, 0) is 31.4 Å². The first kappa shape index (κ1) is 20.5. The molecule has 4 rings (SSSR count). The fraction of sp³-hybridized carbons (Fsp3) is 0.550. The van der Waals surface area contributed by atoms with Gasteiger partial charge in [0.2, 0.25) is 5.13 Å². The van der Waals surface area contributed by atoms with Crippen molar-refractivity contribution in [2.24, 2.45) is 0 Å². The molecule has 2 saturated heterocycles. The average molecular weight is 431 g/mol. The van der Waals surface area contributed by atoms with E-state index >= 15 is 0 Å². The quantitative estimate of drug-likeness (QED) is 0.531. The summed E-state index contributed by atoms with van der Waals surface area (Å²) in [4.78, 5) is 34.7. The number of aromatic nitrogens is 2. The van der Waals surface area contributed by atoms with Crippen molar-refractivity contribution in [3.63, 3.8) is 0 Å². The van der Waals surface area contributed by atoms with Gasteiger partial charge in [0, 0.05) is 69.0 Å². The number of rotatable bonds is 5. The summed E-state index contributed by atoms with van der Waals surface area (Å²) in [6, 6.07) is 4.93. The molecule has 0 N–H and O–H groups in total. The van der Waals surface area contributed by atoms with Gasteiger partial charge in [0.05, 0.1) is 4.92 Å². The van der Waals surface area contributed by atoms with E-state index in [0.717, 1.165) is 68.5 Å². The van der Waals surface area contributed by atoms with Crippen LogP contribution in [0.1, 0.15) is 42.4 Å². The molecule has 0 unspecified atom stereocenters. The molecule has 0 saturated carbocycles.